The number of methoxy groups -OCH3 is 1. The lowest BCUT2D eigenvalue weighted by Gasteiger charge is -2.20. The van der Waals surface area contributed by atoms with Crippen molar-refractivity contribution in [3.8, 4) is 5.75 Å². The molecule has 0 unspecified atom stereocenters. The van der Waals surface area contributed by atoms with E-state index in [4.69, 9.17) is 10.5 Å². The summed E-state index contributed by atoms with van der Waals surface area (Å²) in [7, 11) is 1.54. The minimum absolute atomic E-state index is 0.0534. The minimum atomic E-state index is -0.304. The highest BCUT2D eigenvalue weighted by Gasteiger charge is 2.17. The van der Waals surface area contributed by atoms with E-state index < -0.39 is 0 Å². The first-order valence-electron chi connectivity index (χ1n) is 8.08. The van der Waals surface area contributed by atoms with Crippen LogP contribution in [0.15, 0.2) is 18.2 Å². The Hall–Kier alpha value is -2.24. The molecule has 126 valence electrons. The third-order valence-corrected chi connectivity index (χ3v) is 4.18. The van der Waals surface area contributed by atoms with Gasteiger partial charge in [-0.3, -0.25) is 9.59 Å². The lowest BCUT2D eigenvalue weighted by Crippen LogP contribution is -2.34. The zero-order valence-electron chi connectivity index (χ0n) is 13.6. The number of carbonyl (C=O) groups excluding carboxylic acids is 2. The van der Waals surface area contributed by atoms with Crippen molar-refractivity contribution in [3.63, 3.8) is 0 Å². The van der Waals surface area contributed by atoms with Crippen LogP contribution >= 0.6 is 0 Å². The average Bonchev–Trinajstić information content (AvgIpc) is 2.56. The maximum Gasteiger partial charge on any atom is 0.243 e. The number of anilines is 2. The molecule has 6 nitrogen and oxygen atoms in total. The molecular formula is C17H25N3O3. The zero-order valence-corrected chi connectivity index (χ0v) is 13.6. The highest BCUT2D eigenvalue weighted by molar-refractivity contribution is 5.97. The van der Waals surface area contributed by atoms with Crippen molar-refractivity contribution in [1.82, 2.24) is 5.32 Å². The first-order chi connectivity index (χ1) is 11.1. The van der Waals surface area contributed by atoms with Crippen molar-refractivity contribution in [1.29, 1.82) is 0 Å². The van der Waals surface area contributed by atoms with Crippen LogP contribution < -0.4 is 21.1 Å². The van der Waals surface area contributed by atoms with Crippen LogP contribution in [-0.2, 0) is 9.59 Å². The Bertz CT molecular complexity index is 554. The minimum Gasteiger partial charge on any atom is -0.497 e. The number of hydrogen-bond acceptors (Lipinski definition) is 4. The van der Waals surface area contributed by atoms with E-state index in [2.05, 4.69) is 10.6 Å². The molecule has 23 heavy (non-hydrogen) atoms. The fourth-order valence-corrected chi connectivity index (χ4v) is 2.87. The van der Waals surface area contributed by atoms with Gasteiger partial charge in [0.05, 0.1) is 25.0 Å². The first kappa shape index (κ1) is 17.1. The lowest BCUT2D eigenvalue weighted by molar-refractivity contribution is -0.125. The summed E-state index contributed by atoms with van der Waals surface area (Å²) in [6, 6.07) is 5.03. The maximum absolute atomic E-state index is 11.9. The summed E-state index contributed by atoms with van der Waals surface area (Å²) in [4.78, 5) is 23.8. The molecule has 0 spiro atoms. The number of benzene rings is 1. The quantitative estimate of drug-likeness (QED) is 0.701. The van der Waals surface area contributed by atoms with Crippen molar-refractivity contribution >= 4 is 23.2 Å². The number of nitrogens with two attached hydrogens (primary N) is 1. The van der Waals surface area contributed by atoms with Gasteiger partial charge in [0.1, 0.15) is 5.75 Å². The fourth-order valence-electron chi connectivity index (χ4n) is 2.87. The van der Waals surface area contributed by atoms with Gasteiger partial charge in [0, 0.05) is 12.5 Å². The predicted octanol–water partition coefficient (Wildman–Crippen LogP) is 2.30. The molecule has 0 aromatic heterocycles. The summed E-state index contributed by atoms with van der Waals surface area (Å²) in [5, 5.41) is 5.36. The summed E-state index contributed by atoms with van der Waals surface area (Å²) in [6.45, 7) is -0.0534. The number of nitrogen functional groups attached to an aromatic ring is 1. The molecule has 0 saturated heterocycles. The van der Waals surface area contributed by atoms with Crippen LogP contribution in [0.3, 0.4) is 0 Å². The lowest BCUT2D eigenvalue weighted by atomic mass is 9.87. The maximum atomic E-state index is 11.9. The fraction of sp³-hybridized carbons (Fsp3) is 0.529. The van der Waals surface area contributed by atoms with Gasteiger partial charge in [-0.15, -0.1) is 0 Å². The summed E-state index contributed by atoms with van der Waals surface area (Å²) in [5.74, 6) is 0.698. The number of amides is 2. The number of hydrogen-bond donors (Lipinski definition) is 3. The normalized spacial score (nSPS) is 15.0. The molecule has 6 heteroatoms. The molecule has 2 rings (SSSR count). The third-order valence-electron chi connectivity index (χ3n) is 4.18. The van der Waals surface area contributed by atoms with Gasteiger partial charge in [-0.2, -0.15) is 0 Å². The average molecular weight is 319 g/mol. The van der Waals surface area contributed by atoms with Crippen molar-refractivity contribution in [2.24, 2.45) is 5.92 Å². The van der Waals surface area contributed by atoms with E-state index in [9.17, 15) is 9.59 Å². The Morgan fingerprint density at radius 1 is 1.22 bits per heavy atom. The van der Waals surface area contributed by atoms with Gasteiger partial charge in [-0.25, -0.2) is 0 Å². The second-order valence-corrected chi connectivity index (χ2v) is 5.99. The third kappa shape index (κ3) is 5.47. The Kier molecular flexibility index (Phi) is 6.26. The molecule has 1 aromatic rings. The molecule has 0 bridgehead atoms. The zero-order chi connectivity index (χ0) is 16.7. The van der Waals surface area contributed by atoms with Crippen LogP contribution in [0, 0.1) is 5.92 Å². The largest absolute Gasteiger partial charge is 0.497 e. The van der Waals surface area contributed by atoms with Crippen molar-refractivity contribution in [2.75, 3.05) is 24.7 Å². The Morgan fingerprint density at radius 3 is 2.65 bits per heavy atom. The van der Waals surface area contributed by atoms with E-state index in [1.165, 1.54) is 19.3 Å². The molecule has 0 aliphatic heterocycles. The highest BCUT2D eigenvalue weighted by Crippen LogP contribution is 2.26. The van der Waals surface area contributed by atoms with Gasteiger partial charge in [-0.05, 0) is 30.9 Å². The molecule has 4 N–H and O–H groups in total. The molecule has 1 aliphatic rings. The Labute approximate surface area is 136 Å². The van der Waals surface area contributed by atoms with Crippen molar-refractivity contribution in [2.45, 2.75) is 38.5 Å². The van der Waals surface area contributed by atoms with E-state index in [0.29, 0.717) is 29.5 Å². The van der Waals surface area contributed by atoms with Crippen molar-refractivity contribution in [3.05, 3.63) is 18.2 Å². The van der Waals surface area contributed by atoms with Crippen LogP contribution in [0.2, 0.25) is 0 Å². The SMILES string of the molecule is COc1ccc(N)c(NC(=O)CNC(=O)CC2CCCCC2)c1. The molecule has 0 atom stereocenters. The van der Waals surface area contributed by atoms with Gasteiger partial charge in [0.25, 0.3) is 0 Å². The van der Waals surface area contributed by atoms with Crippen LogP contribution in [0.4, 0.5) is 11.4 Å². The van der Waals surface area contributed by atoms with E-state index in [-0.39, 0.29) is 18.4 Å². The first-order valence-corrected chi connectivity index (χ1v) is 8.08. The highest BCUT2D eigenvalue weighted by atomic mass is 16.5. The van der Waals surface area contributed by atoms with Crippen molar-refractivity contribution < 1.29 is 14.3 Å². The summed E-state index contributed by atoms with van der Waals surface area (Å²) < 4.78 is 5.10. The Balaban J connectivity index is 1.77. The van der Waals surface area contributed by atoms with Gasteiger partial charge in [0.2, 0.25) is 11.8 Å². The van der Waals surface area contributed by atoms with Crippen LogP contribution in [0.25, 0.3) is 0 Å². The van der Waals surface area contributed by atoms with Gasteiger partial charge in [-0.1, -0.05) is 19.3 Å². The standard InChI is InChI=1S/C17H25N3O3/c1-23-13-7-8-14(18)15(10-13)20-17(22)11-19-16(21)9-12-5-3-2-4-6-12/h7-8,10,12H,2-6,9,11,18H2,1H3,(H,19,21)(H,20,22). The number of rotatable bonds is 6. The molecule has 0 heterocycles. The molecule has 2 amide bonds. The second kappa shape index (κ2) is 8.41. The topological polar surface area (TPSA) is 93.4 Å². The van der Waals surface area contributed by atoms with Gasteiger partial charge < -0.3 is 21.1 Å². The van der Waals surface area contributed by atoms with Gasteiger partial charge in [0.15, 0.2) is 0 Å². The summed E-state index contributed by atoms with van der Waals surface area (Å²) in [6.07, 6.45) is 6.40. The van der Waals surface area contributed by atoms with Gasteiger partial charge >= 0.3 is 0 Å². The molecule has 0 radical (unpaired) electrons. The molecule has 1 aliphatic carbocycles. The number of nitrogens with one attached hydrogen (secondary N) is 2. The monoisotopic (exact) mass is 319 g/mol. The Morgan fingerprint density at radius 2 is 1.96 bits per heavy atom. The second-order valence-electron chi connectivity index (χ2n) is 5.99. The predicted molar refractivity (Wildman–Crippen MR) is 90.2 cm³/mol. The van der Waals surface area contributed by atoms with E-state index in [1.54, 1.807) is 25.3 Å². The van der Waals surface area contributed by atoms with E-state index in [1.807, 2.05) is 0 Å². The molecule has 1 fully saturated rings. The van der Waals surface area contributed by atoms with Crippen LogP contribution in [-0.4, -0.2) is 25.5 Å². The smallest absolute Gasteiger partial charge is 0.243 e. The molecule has 1 saturated carbocycles. The summed E-state index contributed by atoms with van der Waals surface area (Å²) in [5.41, 5.74) is 6.75. The number of ether oxygens (including phenoxy) is 1. The van der Waals surface area contributed by atoms with E-state index in [0.717, 1.165) is 12.8 Å². The van der Waals surface area contributed by atoms with Crippen LogP contribution in [0.5, 0.6) is 5.75 Å². The molecule has 1 aromatic carbocycles. The van der Waals surface area contributed by atoms with Crippen LogP contribution in [0.1, 0.15) is 38.5 Å². The summed E-state index contributed by atoms with van der Waals surface area (Å²) >= 11 is 0. The van der Waals surface area contributed by atoms with E-state index >= 15 is 0 Å². The molecular weight excluding hydrogens is 294 g/mol. The number of carbonyl (C=O) groups is 2.